The Balaban J connectivity index is 1.78. The second kappa shape index (κ2) is 7.05. The molecule has 1 aliphatic rings. The molecule has 2 aromatic rings. The molecule has 7 nitrogen and oxygen atoms in total. The third-order valence-corrected chi connectivity index (χ3v) is 4.09. The zero-order valence-corrected chi connectivity index (χ0v) is 14.0. The van der Waals surface area contributed by atoms with Crippen molar-refractivity contribution in [3.05, 3.63) is 58.5 Å². The number of aliphatic hydroxyl groups excluding tert-OH is 1. The quantitative estimate of drug-likeness (QED) is 0.408. The smallest absolute Gasteiger partial charge is 0.313 e. The highest BCUT2D eigenvalue weighted by Crippen LogP contribution is 2.30. The first-order valence-corrected chi connectivity index (χ1v) is 8.11. The fourth-order valence-corrected chi connectivity index (χ4v) is 2.59. The molecule has 0 bridgehead atoms. The highest BCUT2D eigenvalue weighted by atomic mass is 16.5. The van der Waals surface area contributed by atoms with Gasteiger partial charge in [-0.05, 0) is 12.5 Å². The van der Waals surface area contributed by atoms with Crippen LogP contribution in [0, 0.1) is 0 Å². The van der Waals surface area contributed by atoms with E-state index in [9.17, 15) is 24.3 Å². The third kappa shape index (κ3) is 3.21. The summed E-state index contributed by atoms with van der Waals surface area (Å²) >= 11 is 0. The molecule has 1 heterocycles. The van der Waals surface area contributed by atoms with Gasteiger partial charge in [0.15, 0.2) is 17.3 Å². The number of aliphatic hydroxyl groups is 1. The van der Waals surface area contributed by atoms with Gasteiger partial charge in [-0.25, -0.2) is 0 Å². The van der Waals surface area contributed by atoms with E-state index < -0.39 is 35.8 Å². The summed E-state index contributed by atoms with van der Waals surface area (Å²) in [7, 11) is 0. The van der Waals surface area contributed by atoms with Crippen molar-refractivity contribution in [2.24, 2.45) is 0 Å². The molecule has 0 aliphatic heterocycles. The summed E-state index contributed by atoms with van der Waals surface area (Å²) in [6, 6.07) is 7.50. The van der Waals surface area contributed by atoms with Crippen molar-refractivity contribution in [3.8, 4) is 0 Å². The van der Waals surface area contributed by atoms with Crippen LogP contribution in [0.3, 0.4) is 0 Å². The summed E-state index contributed by atoms with van der Waals surface area (Å²) in [5, 5.41) is 9.36. The molecule has 0 fully saturated rings. The molecule has 1 atom stereocenters. The number of carbonyl (C=O) groups excluding carboxylic acids is 4. The van der Waals surface area contributed by atoms with E-state index in [0.29, 0.717) is 6.42 Å². The van der Waals surface area contributed by atoms with Gasteiger partial charge in [0.2, 0.25) is 11.6 Å². The van der Waals surface area contributed by atoms with E-state index in [-0.39, 0.29) is 34.8 Å². The van der Waals surface area contributed by atoms with Gasteiger partial charge < -0.3 is 14.3 Å². The summed E-state index contributed by atoms with van der Waals surface area (Å²) in [6.07, 6.45) is -0.992. The van der Waals surface area contributed by atoms with Crippen molar-refractivity contribution in [1.82, 2.24) is 0 Å². The molecule has 0 saturated carbocycles. The molecule has 1 aromatic carbocycles. The van der Waals surface area contributed by atoms with E-state index in [2.05, 4.69) is 0 Å². The number of esters is 1. The normalized spacial score (nSPS) is 13.8. The maximum atomic E-state index is 12.5. The van der Waals surface area contributed by atoms with E-state index in [1.165, 1.54) is 18.2 Å². The maximum Gasteiger partial charge on any atom is 0.313 e. The molecule has 0 amide bonds. The number of benzene rings is 1. The number of Topliss-reactive ketones (excluding diaryl/α,β-unsaturated/α-hetero) is 1. The minimum absolute atomic E-state index is 0.00632. The van der Waals surface area contributed by atoms with Crippen LogP contribution in [0.15, 0.2) is 34.7 Å². The molecular weight excluding hydrogens is 340 g/mol. The SMILES string of the molecule is CCC(O)COC(=O)CC(=O)c1cc2c(o1)C(=O)c1ccccc1C2=O. The van der Waals surface area contributed by atoms with Crippen LogP contribution in [0.25, 0.3) is 0 Å². The largest absolute Gasteiger partial charge is 0.463 e. The second-order valence-electron chi connectivity index (χ2n) is 5.90. The number of fused-ring (bicyclic) bond motifs is 2. The Morgan fingerprint density at radius 3 is 2.42 bits per heavy atom. The minimum atomic E-state index is -0.821. The van der Waals surface area contributed by atoms with Gasteiger partial charge in [0.1, 0.15) is 13.0 Å². The van der Waals surface area contributed by atoms with Crippen LogP contribution < -0.4 is 0 Å². The molecule has 1 aromatic heterocycles. The number of carbonyl (C=O) groups is 4. The van der Waals surface area contributed by atoms with Gasteiger partial charge in [-0.3, -0.25) is 19.2 Å². The number of hydrogen-bond donors (Lipinski definition) is 1. The minimum Gasteiger partial charge on any atom is -0.463 e. The molecule has 0 radical (unpaired) electrons. The average Bonchev–Trinajstić information content (AvgIpc) is 3.10. The topological polar surface area (TPSA) is 111 Å². The van der Waals surface area contributed by atoms with Crippen molar-refractivity contribution >= 4 is 23.3 Å². The van der Waals surface area contributed by atoms with Crippen molar-refractivity contribution in [1.29, 1.82) is 0 Å². The third-order valence-electron chi connectivity index (χ3n) is 4.09. The first kappa shape index (κ1) is 17.8. The Morgan fingerprint density at radius 2 is 1.77 bits per heavy atom. The highest BCUT2D eigenvalue weighted by Gasteiger charge is 2.34. The number of rotatable bonds is 6. The molecule has 26 heavy (non-hydrogen) atoms. The fourth-order valence-electron chi connectivity index (χ4n) is 2.59. The Labute approximate surface area is 148 Å². The Kier molecular flexibility index (Phi) is 4.81. The molecule has 3 rings (SSSR count). The van der Waals surface area contributed by atoms with Crippen LogP contribution in [0.2, 0.25) is 0 Å². The van der Waals surface area contributed by atoms with E-state index in [0.717, 1.165) is 0 Å². The fraction of sp³-hybridized carbons (Fsp3) is 0.263. The van der Waals surface area contributed by atoms with Gasteiger partial charge in [-0.2, -0.15) is 0 Å². The van der Waals surface area contributed by atoms with Crippen LogP contribution >= 0.6 is 0 Å². The standard InChI is InChI=1S/C19H16O7/c1-2-10(20)9-25-16(22)8-14(21)15-7-13-17(23)11-5-3-4-6-12(11)18(24)19(13)26-15/h3-7,10,20H,2,8-9H2,1H3. The zero-order chi connectivity index (χ0) is 18.8. The van der Waals surface area contributed by atoms with Crippen LogP contribution in [0.5, 0.6) is 0 Å². The molecule has 1 N–H and O–H groups in total. The molecule has 0 spiro atoms. The van der Waals surface area contributed by atoms with Crippen LogP contribution in [-0.4, -0.2) is 41.1 Å². The first-order valence-electron chi connectivity index (χ1n) is 8.11. The number of ketones is 3. The molecular formula is C19H16O7. The number of furan rings is 1. The predicted molar refractivity (Wildman–Crippen MR) is 88.2 cm³/mol. The monoisotopic (exact) mass is 356 g/mol. The molecule has 1 aliphatic carbocycles. The summed E-state index contributed by atoms with van der Waals surface area (Å²) in [5.41, 5.74) is 0.468. The Hall–Kier alpha value is -3.06. The van der Waals surface area contributed by atoms with Gasteiger partial charge in [-0.15, -0.1) is 0 Å². The van der Waals surface area contributed by atoms with Crippen LogP contribution in [0.1, 0.15) is 62.4 Å². The van der Waals surface area contributed by atoms with Crippen LogP contribution in [-0.2, 0) is 9.53 Å². The predicted octanol–water partition coefficient (Wildman–Crippen LogP) is 1.94. The van der Waals surface area contributed by atoms with E-state index in [1.807, 2.05) is 0 Å². The Morgan fingerprint density at radius 1 is 1.12 bits per heavy atom. The lowest BCUT2D eigenvalue weighted by Crippen LogP contribution is -2.19. The molecule has 0 saturated heterocycles. The lowest BCUT2D eigenvalue weighted by Gasteiger charge is -2.11. The zero-order valence-electron chi connectivity index (χ0n) is 14.0. The summed E-state index contributed by atoms with van der Waals surface area (Å²) in [4.78, 5) is 48.8. The molecule has 7 heteroatoms. The highest BCUT2D eigenvalue weighted by molar-refractivity contribution is 6.28. The molecule has 1 unspecified atom stereocenters. The summed E-state index contributed by atoms with van der Waals surface area (Å²) < 4.78 is 10.1. The molecule has 134 valence electrons. The van der Waals surface area contributed by atoms with Crippen molar-refractivity contribution < 1.29 is 33.4 Å². The maximum absolute atomic E-state index is 12.5. The van der Waals surface area contributed by atoms with Crippen LogP contribution in [0.4, 0.5) is 0 Å². The van der Waals surface area contributed by atoms with Gasteiger partial charge in [0.05, 0.1) is 11.7 Å². The van der Waals surface area contributed by atoms with Gasteiger partial charge >= 0.3 is 5.97 Å². The van der Waals surface area contributed by atoms with Crippen molar-refractivity contribution in [2.45, 2.75) is 25.9 Å². The lowest BCUT2D eigenvalue weighted by atomic mass is 9.88. The van der Waals surface area contributed by atoms with Crippen molar-refractivity contribution in [3.63, 3.8) is 0 Å². The summed E-state index contributed by atoms with van der Waals surface area (Å²) in [6.45, 7) is 1.52. The van der Waals surface area contributed by atoms with E-state index >= 15 is 0 Å². The van der Waals surface area contributed by atoms with E-state index in [1.54, 1.807) is 19.1 Å². The number of hydrogen-bond acceptors (Lipinski definition) is 7. The lowest BCUT2D eigenvalue weighted by molar-refractivity contribution is -0.145. The Bertz CT molecular complexity index is 854. The second-order valence-corrected chi connectivity index (χ2v) is 5.90. The average molecular weight is 356 g/mol. The van der Waals surface area contributed by atoms with Gasteiger partial charge in [0.25, 0.3) is 0 Å². The van der Waals surface area contributed by atoms with E-state index in [4.69, 9.17) is 9.15 Å². The summed E-state index contributed by atoms with van der Waals surface area (Å²) in [5.74, 6) is -2.88. The number of ether oxygens (including phenoxy) is 1. The van der Waals surface area contributed by atoms with Crippen molar-refractivity contribution in [2.75, 3.05) is 6.61 Å². The van der Waals surface area contributed by atoms with Gasteiger partial charge in [0, 0.05) is 11.1 Å². The van der Waals surface area contributed by atoms with Gasteiger partial charge in [-0.1, -0.05) is 31.2 Å². The first-order chi connectivity index (χ1) is 12.4.